The zero-order chi connectivity index (χ0) is 28.6. The second-order valence-corrected chi connectivity index (χ2v) is 10.7. The van der Waals surface area contributed by atoms with Gasteiger partial charge in [-0.05, 0) is 55.4 Å². The van der Waals surface area contributed by atoms with Crippen LogP contribution in [0.25, 0.3) is 10.8 Å². The van der Waals surface area contributed by atoms with Crippen LogP contribution >= 0.6 is 0 Å². The summed E-state index contributed by atoms with van der Waals surface area (Å²) in [4.78, 5) is 16.6. The fourth-order valence-corrected chi connectivity index (χ4v) is 5.76. The van der Waals surface area contributed by atoms with Gasteiger partial charge in [0.15, 0.2) is 0 Å². The molecule has 1 saturated heterocycles. The quantitative estimate of drug-likeness (QED) is 0.356. The van der Waals surface area contributed by atoms with E-state index in [0.29, 0.717) is 25.5 Å². The van der Waals surface area contributed by atoms with Gasteiger partial charge in [0.2, 0.25) is 0 Å². The first-order chi connectivity index (χ1) is 19.4. The summed E-state index contributed by atoms with van der Waals surface area (Å²) in [5, 5.41) is 23.2. The molecular formula is C32H44N6O2. The standard InChI is InChI=1S/C32H44N6O2/c1-6-26-28(21-29(39)27-14-10-13-24-12-9-11-23(4)30(24)27)34-32(40-20-19-37(7-2)8-3)35-31(26)38-18-17-36(5)25(22-38)15-16-33/h9-14,25,29,39H,6-8,15,17-22H2,1-5H3/t25-,29?/m0/s1. The fourth-order valence-electron chi connectivity index (χ4n) is 5.76. The molecule has 4 rings (SSSR count). The molecule has 2 atom stereocenters. The first-order valence-electron chi connectivity index (χ1n) is 14.6. The number of fused-ring (bicyclic) bond motifs is 1. The lowest BCUT2D eigenvalue weighted by Gasteiger charge is -2.40. The molecule has 1 aliphatic heterocycles. The second-order valence-electron chi connectivity index (χ2n) is 10.7. The molecule has 0 spiro atoms. The Balaban J connectivity index is 1.70. The highest BCUT2D eigenvalue weighted by molar-refractivity contribution is 5.89. The number of aliphatic hydroxyl groups is 1. The van der Waals surface area contributed by atoms with E-state index >= 15 is 0 Å². The van der Waals surface area contributed by atoms with E-state index in [1.807, 2.05) is 12.1 Å². The molecule has 0 saturated carbocycles. The molecule has 0 amide bonds. The third-order valence-corrected chi connectivity index (χ3v) is 8.23. The Bertz CT molecular complexity index is 1310. The topological polar surface area (TPSA) is 88.8 Å². The van der Waals surface area contributed by atoms with E-state index in [0.717, 1.165) is 84.7 Å². The molecule has 8 heteroatoms. The maximum atomic E-state index is 11.6. The molecule has 40 heavy (non-hydrogen) atoms. The van der Waals surface area contributed by atoms with Crippen LogP contribution in [0.15, 0.2) is 36.4 Å². The number of aryl methyl sites for hydroxylation is 1. The Morgan fingerprint density at radius 3 is 2.58 bits per heavy atom. The Labute approximate surface area is 239 Å². The number of aliphatic hydroxyl groups excluding tert-OH is 1. The predicted octanol–water partition coefficient (Wildman–Crippen LogP) is 4.53. The minimum Gasteiger partial charge on any atom is -0.462 e. The average molecular weight is 545 g/mol. The highest BCUT2D eigenvalue weighted by atomic mass is 16.5. The number of anilines is 1. The Hall–Kier alpha value is -3.25. The molecule has 1 aliphatic rings. The van der Waals surface area contributed by atoms with Crippen LogP contribution in [0.5, 0.6) is 6.01 Å². The summed E-state index contributed by atoms with van der Waals surface area (Å²) < 4.78 is 6.15. The summed E-state index contributed by atoms with van der Waals surface area (Å²) in [6.07, 6.45) is 0.855. The Kier molecular flexibility index (Phi) is 10.3. The van der Waals surface area contributed by atoms with Crippen LogP contribution in [0.1, 0.15) is 55.7 Å². The normalized spacial score (nSPS) is 16.9. The molecule has 3 aromatic rings. The van der Waals surface area contributed by atoms with E-state index in [2.05, 4.69) is 79.8 Å². The lowest BCUT2D eigenvalue weighted by atomic mass is 9.93. The Morgan fingerprint density at radius 1 is 1.12 bits per heavy atom. The smallest absolute Gasteiger partial charge is 0.318 e. The van der Waals surface area contributed by atoms with Gasteiger partial charge in [-0.2, -0.15) is 15.2 Å². The zero-order valence-corrected chi connectivity index (χ0v) is 24.7. The van der Waals surface area contributed by atoms with Crippen molar-refractivity contribution in [2.24, 2.45) is 0 Å². The van der Waals surface area contributed by atoms with Crippen molar-refractivity contribution >= 4 is 16.6 Å². The molecule has 0 aliphatic carbocycles. The van der Waals surface area contributed by atoms with E-state index in [9.17, 15) is 10.4 Å². The molecule has 1 N–H and O–H groups in total. The summed E-state index contributed by atoms with van der Waals surface area (Å²) in [5.74, 6) is 0.864. The monoisotopic (exact) mass is 544 g/mol. The summed E-state index contributed by atoms with van der Waals surface area (Å²) in [7, 11) is 2.08. The van der Waals surface area contributed by atoms with Gasteiger partial charge in [0.05, 0.1) is 24.3 Å². The van der Waals surface area contributed by atoms with Crippen LogP contribution in [0.3, 0.4) is 0 Å². The third-order valence-electron chi connectivity index (χ3n) is 8.23. The van der Waals surface area contributed by atoms with E-state index in [1.54, 1.807) is 0 Å². The highest BCUT2D eigenvalue weighted by Gasteiger charge is 2.29. The molecule has 1 aromatic heterocycles. The first kappa shape index (κ1) is 29.7. The molecular weight excluding hydrogens is 500 g/mol. The second kappa shape index (κ2) is 13.9. The van der Waals surface area contributed by atoms with Crippen molar-refractivity contribution in [3.63, 3.8) is 0 Å². The number of benzene rings is 2. The molecule has 1 unspecified atom stereocenters. The minimum absolute atomic E-state index is 0.137. The van der Waals surface area contributed by atoms with E-state index < -0.39 is 6.10 Å². The molecule has 0 bridgehead atoms. The fraction of sp³-hybridized carbons (Fsp3) is 0.531. The largest absolute Gasteiger partial charge is 0.462 e. The van der Waals surface area contributed by atoms with Crippen molar-refractivity contribution in [2.75, 3.05) is 57.8 Å². The lowest BCUT2D eigenvalue weighted by molar-refractivity contribution is 0.177. The number of likely N-dealkylation sites (N-methyl/N-ethyl adjacent to an activating group) is 2. The molecule has 214 valence electrons. The molecule has 2 aromatic carbocycles. The van der Waals surface area contributed by atoms with Gasteiger partial charge in [-0.15, -0.1) is 0 Å². The van der Waals surface area contributed by atoms with Crippen LogP contribution in [0, 0.1) is 18.3 Å². The number of piperazine rings is 1. The molecule has 8 nitrogen and oxygen atoms in total. The van der Waals surface area contributed by atoms with Crippen molar-refractivity contribution in [3.05, 3.63) is 58.8 Å². The summed E-state index contributed by atoms with van der Waals surface area (Å²) in [5.41, 5.74) is 3.91. The van der Waals surface area contributed by atoms with Gasteiger partial charge in [0.1, 0.15) is 12.4 Å². The van der Waals surface area contributed by atoms with Crippen molar-refractivity contribution < 1.29 is 9.84 Å². The molecule has 0 radical (unpaired) electrons. The maximum absolute atomic E-state index is 11.6. The summed E-state index contributed by atoms with van der Waals surface area (Å²) in [6.45, 7) is 14.1. The minimum atomic E-state index is -0.722. The van der Waals surface area contributed by atoms with Gasteiger partial charge < -0.3 is 19.6 Å². The molecule has 1 fully saturated rings. The van der Waals surface area contributed by atoms with Crippen molar-refractivity contribution in [1.82, 2.24) is 19.8 Å². The van der Waals surface area contributed by atoms with Gasteiger partial charge in [-0.3, -0.25) is 4.90 Å². The number of aromatic nitrogens is 2. The van der Waals surface area contributed by atoms with Gasteiger partial charge in [-0.1, -0.05) is 57.2 Å². The van der Waals surface area contributed by atoms with Gasteiger partial charge in [0.25, 0.3) is 0 Å². The van der Waals surface area contributed by atoms with Crippen LogP contribution in [-0.2, 0) is 12.8 Å². The van der Waals surface area contributed by atoms with E-state index in [1.165, 1.54) is 0 Å². The van der Waals surface area contributed by atoms with Gasteiger partial charge in [0, 0.05) is 44.2 Å². The lowest BCUT2D eigenvalue weighted by Crippen LogP contribution is -2.52. The van der Waals surface area contributed by atoms with Gasteiger partial charge in [-0.25, -0.2) is 0 Å². The van der Waals surface area contributed by atoms with E-state index in [-0.39, 0.29) is 6.04 Å². The number of ether oxygens (including phenoxy) is 1. The van der Waals surface area contributed by atoms with Crippen molar-refractivity contribution in [1.29, 1.82) is 5.26 Å². The summed E-state index contributed by atoms with van der Waals surface area (Å²) >= 11 is 0. The number of nitrogens with zero attached hydrogens (tertiary/aromatic N) is 6. The third kappa shape index (κ3) is 6.72. The summed E-state index contributed by atoms with van der Waals surface area (Å²) in [6, 6.07) is 15.2. The van der Waals surface area contributed by atoms with Crippen molar-refractivity contribution in [3.8, 4) is 12.1 Å². The van der Waals surface area contributed by atoms with Crippen LogP contribution in [0.2, 0.25) is 0 Å². The first-order valence-corrected chi connectivity index (χ1v) is 14.6. The predicted molar refractivity (Wildman–Crippen MR) is 161 cm³/mol. The zero-order valence-electron chi connectivity index (χ0n) is 24.7. The SMILES string of the molecule is CCc1c(CC(O)c2cccc3cccc(C)c23)nc(OCCN(CC)CC)nc1N1CCN(C)[C@@H](CC#N)C1. The van der Waals surface area contributed by atoms with Crippen LogP contribution in [0.4, 0.5) is 5.82 Å². The Morgan fingerprint density at radius 2 is 1.88 bits per heavy atom. The number of rotatable bonds is 12. The van der Waals surface area contributed by atoms with E-state index in [4.69, 9.17) is 14.7 Å². The van der Waals surface area contributed by atoms with Crippen molar-refractivity contribution in [2.45, 2.75) is 59.1 Å². The highest BCUT2D eigenvalue weighted by Crippen LogP contribution is 2.33. The number of hydrogen-bond acceptors (Lipinski definition) is 8. The number of nitriles is 1. The number of hydrogen-bond donors (Lipinski definition) is 1. The maximum Gasteiger partial charge on any atom is 0.318 e. The molecule has 2 heterocycles. The van der Waals surface area contributed by atoms with Gasteiger partial charge >= 0.3 is 6.01 Å². The average Bonchev–Trinajstić information content (AvgIpc) is 2.96. The van der Waals surface area contributed by atoms with Crippen LogP contribution in [-0.4, -0.2) is 83.8 Å². The van der Waals surface area contributed by atoms with Crippen LogP contribution < -0.4 is 9.64 Å².